The van der Waals surface area contributed by atoms with Gasteiger partial charge in [0.05, 0.1) is 0 Å². The summed E-state index contributed by atoms with van der Waals surface area (Å²) in [4.78, 5) is 14.7. The van der Waals surface area contributed by atoms with Crippen molar-refractivity contribution < 1.29 is 4.79 Å². The van der Waals surface area contributed by atoms with Gasteiger partial charge in [-0.1, -0.05) is 0 Å². The van der Waals surface area contributed by atoms with Gasteiger partial charge in [0.2, 0.25) is 5.91 Å². The van der Waals surface area contributed by atoms with E-state index in [1.165, 1.54) is 37.7 Å². The molecule has 0 saturated heterocycles. The molecule has 0 aliphatic heterocycles. The molecule has 1 heterocycles. The van der Waals surface area contributed by atoms with E-state index in [-0.39, 0.29) is 0 Å². The molecule has 0 spiro atoms. The number of hydrogen-bond acceptors (Lipinski definition) is 2. The molecular formula is C18H25NOS. The van der Waals surface area contributed by atoms with Crippen molar-refractivity contribution in [3.05, 3.63) is 22.4 Å². The lowest BCUT2D eigenvalue weighted by atomic mass is 9.54. The monoisotopic (exact) mass is 303 g/mol. The van der Waals surface area contributed by atoms with Crippen LogP contribution >= 0.6 is 11.3 Å². The third-order valence-electron chi connectivity index (χ3n) is 6.23. The van der Waals surface area contributed by atoms with Crippen molar-refractivity contribution in [1.29, 1.82) is 0 Å². The molecule has 4 saturated carbocycles. The number of aryl methyl sites for hydroxylation is 1. The van der Waals surface area contributed by atoms with Gasteiger partial charge in [-0.25, -0.2) is 0 Å². The molecule has 1 amide bonds. The highest BCUT2D eigenvalue weighted by molar-refractivity contribution is 7.07. The predicted octanol–water partition coefficient (Wildman–Crippen LogP) is 3.96. The Labute approximate surface area is 131 Å². The van der Waals surface area contributed by atoms with Crippen molar-refractivity contribution in [2.24, 2.45) is 23.7 Å². The first kappa shape index (κ1) is 13.8. The fraction of sp³-hybridized carbons (Fsp3) is 0.722. The summed E-state index contributed by atoms with van der Waals surface area (Å²) >= 11 is 1.72. The molecule has 21 heavy (non-hydrogen) atoms. The summed E-state index contributed by atoms with van der Waals surface area (Å²) in [5, 5.41) is 4.26. The van der Waals surface area contributed by atoms with Gasteiger partial charge in [0.15, 0.2) is 0 Å². The molecule has 2 nitrogen and oxygen atoms in total. The maximum absolute atomic E-state index is 12.6. The third-order valence-corrected chi connectivity index (χ3v) is 6.96. The van der Waals surface area contributed by atoms with Crippen LogP contribution in [0.3, 0.4) is 0 Å². The SMILES string of the molecule is CN(C(=O)CCc1ccsc1)C1C2CC3CC(C2)CC1C3. The Balaban J connectivity index is 1.40. The van der Waals surface area contributed by atoms with E-state index in [0.717, 1.165) is 30.1 Å². The number of rotatable bonds is 4. The second kappa shape index (κ2) is 5.42. The van der Waals surface area contributed by atoms with Gasteiger partial charge < -0.3 is 4.90 Å². The van der Waals surface area contributed by atoms with E-state index >= 15 is 0 Å². The average molecular weight is 303 g/mol. The van der Waals surface area contributed by atoms with Gasteiger partial charge in [-0.3, -0.25) is 4.79 Å². The normalized spacial score (nSPS) is 36.9. The van der Waals surface area contributed by atoms with Crippen LogP contribution in [0.15, 0.2) is 16.8 Å². The Bertz CT molecular complexity index is 481. The Hall–Kier alpha value is -0.830. The van der Waals surface area contributed by atoms with Gasteiger partial charge in [-0.05, 0) is 84.6 Å². The van der Waals surface area contributed by atoms with Gasteiger partial charge in [0.25, 0.3) is 0 Å². The lowest BCUT2D eigenvalue weighted by molar-refractivity contribution is -0.141. The van der Waals surface area contributed by atoms with Crippen LogP contribution in [0.5, 0.6) is 0 Å². The lowest BCUT2D eigenvalue weighted by Gasteiger charge is -2.56. The summed E-state index contributed by atoms with van der Waals surface area (Å²) in [6.45, 7) is 0. The third kappa shape index (κ3) is 2.54. The zero-order valence-electron chi connectivity index (χ0n) is 12.8. The van der Waals surface area contributed by atoms with Gasteiger partial charge in [-0.15, -0.1) is 0 Å². The first-order chi connectivity index (χ1) is 10.2. The molecule has 0 unspecified atom stereocenters. The van der Waals surface area contributed by atoms with E-state index in [9.17, 15) is 4.79 Å². The van der Waals surface area contributed by atoms with Crippen molar-refractivity contribution >= 4 is 17.2 Å². The molecule has 4 aliphatic rings. The molecule has 0 aromatic carbocycles. The molecule has 4 fully saturated rings. The van der Waals surface area contributed by atoms with E-state index < -0.39 is 0 Å². The fourth-order valence-electron chi connectivity index (χ4n) is 5.56. The minimum Gasteiger partial charge on any atom is -0.342 e. The van der Waals surface area contributed by atoms with Crippen molar-refractivity contribution in [3.63, 3.8) is 0 Å². The van der Waals surface area contributed by atoms with Crippen LogP contribution in [0.2, 0.25) is 0 Å². The molecule has 4 aliphatic carbocycles. The van der Waals surface area contributed by atoms with Gasteiger partial charge in [-0.2, -0.15) is 11.3 Å². The first-order valence-corrected chi connectivity index (χ1v) is 9.41. The fourth-order valence-corrected chi connectivity index (χ4v) is 6.26. The molecule has 5 rings (SSSR count). The number of hydrogen-bond donors (Lipinski definition) is 0. The molecule has 0 atom stereocenters. The van der Waals surface area contributed by atoms with Crippen LogP contribution < -0.4 is 0 Å². The van der Waals surface area contributed by atoms with Gasteiger partial charge >= 0.3 is 0 Å². The lowest BCUT2D eigenvalue weighted by Crippen LogP contribution is -2.56. The Morgan fingerprint density at radius 1 is 1.19 bits per heavy atom. The standard InChI is InChI=1S/C18H25NOS/c1-19(17(20)3-2-12-4-5-21-11-12)18-15-7-13-6-14(9-15)10-16(18)8-13/h4-5,11,13-16,18H,2-3,6-10H2,1H3. The summed E-state index contributed by atoms with van der Waals surface area (Å²) in [6.07, 6.45) is 8.62. The van der Waals surface area contributed by atoms with E-state index in [0.29, 0.717) is 18.4 Å². The average Bonchev–Trinajstić information content (AvgIpc) is 2.96. The quantitative estimate of drug-likeness (QED) is 0.824. The van der Waals surface area contributed by atoms with Gasteiger partial charge in [0, 0.05) is 19.5 Å². The van der Waals surface area contributed by atoms with E-state index in [2.05, 4.69) is 28.8 Å². The Morgan fingerprint density at radius 3 is 2.43 bits per heavy atom. The Kier molecular flexibility index (Phi) is 3.56. The highest BCUT2D eigenvalue weighted by Gasteiger charge is 2.50. The van der Waals surface area contributed by atoms with Crippen LogP contribution in [0, 0.1) is 23.7 Å². The van der Waals surface area contributed by atoms with Crippen molar-refractivity contribution in [1.82, 2.24) is 4.90 Å². The molecule has 4 bridgehead atoms. The number of nitrogens with zero attached hydrogens (tertiary/aromatic N) is 1. The van der Waals surface area contributed by atoms with E-state index in [1.807, 2.05) is 0 Å². The van der Waals surface area contributed by atoms with Crippen molar-refractivity contribution in [2.45, 2.75) is 51.0 Å². The molecule has 1 aromatic rings. The summed E-state index contributed by atoms with van der Waals surface area (Å²) in [6, 6.07) is 2.69. The number of carbonyl (C=O) groups excluding carboxylic acids is 1. The molecule has 0 N–H and O–H groups in total. The maximum Gasteiger partial charge on any atom is 0.222 e. The smallest absolute Gasteiger partial charge is 0.222 e. The summed E-state index contributed by atoms with van der Waals surface area (Å²) < 4.78 is 0. The van der Waals surface area contributed by atoms with Crippen LogP contribution in [-0.2, 0) is 11.2 Å². The second-order valence-corrected chi connectivity index (χ2v) is 8.34. The van der Waals surface area contributed by atoms with Gasteiger partial charge in [0.1, 0.15) is 0 Å². The zero-order valence-corrected chi connectivity index (χ0v) is 13.6. The first-order valence-electron chi connectivity index (χ1n) is 8.47. The molecule has 3 heteroatoms. The van der Waals surface area contributed by atoms with E-state index in [1.54, 1.807) is 11.3 Å². The number of amides is 1. The van der Waals surface area contributed by atoms with Crippen molar-refractivity contribution in [3.8, 4) is 0 Å². The van der Waals surface area contributed by atoms with Crippen LogP contribution in [0.4, 0.5) is 0 Å². The molecule has 0 radical (unpaired) electrons. The largest absolute Gasteiger partial charge is 0.342 e. The Morgan fingerprint density at radius 2 is 1.86 bits per heavy atom. The highest BCUT2D eigenvalue weighted by atomic mass is 32.1. The van der Waals surface area contributed by atoms with Crippen LogP contribution in [-0.4, -0.2) is 23.9 Å². The minimum atomic E-state index is 0.360. The topological polar surface area (TPSA) is 20.3 Å². The summed E-state index contributed by atoms with van der Waals surface area (Å²) in [5.74, 6) is 3.93. The number of thiophene rings is 1. The zero-order chi connectivity index (χ0) is 14.4. The molecule has 114 valence electrons. The van der Waals surface area contributed by atoms with Crippen LogP contribution in [0.25, 0.3) is 0 Å². The highest BCUT2D eigenvalue weighted by Crippen LogP contribution is 2.55. The maximum atomic E-state index is 12.6. The van der Waals surface area contributed by atoms with E-state index in [4.69, 9.17) is 0 Å². The predicted molar refractivity (Wildman–Crippen MR) is 86.2 cm³/mol. The van der Waals surface area contributed by atoms with Crippen molar-refractivity contribution in [2.75, 3.05) is 7.05 Å². The molecular weight excluding hydrogens is 278 g/mol. The summed E-state index contributed by atoms with van der Waals surface area (Å²) in [7, 11) is 2.07. The summed E-state index contributed by atoms with van der Waals surface area (Å²) in [5.41, 5.74) is 1.31. The minimum absolute atomic E-state index is 0.360. The molecule has 1 aromatic heterocycles. The second-order valence-electron chi connectivity index (χ2n) is 7.56. The number of carbonyl (C=O) groups is 1. The van der Waals surface area contributed by atoms with Crippen LogP contribution in [0.1, 0.15) is 44.1 Å².